The van der Waals surface area contributed by atoms with Crippen LogP contribution in [0.25, 0.3) is 0 Å². The molecule has 1 aromatic rings. The predicted octanol–water partition coefficient (Wildman–Crippen LogP) is 0.651. The van der Waals surface area contributed by atoms with E-state index in [0.717, 1.165) is 12.0 Å². The van der Waals surface area contributed by atoms with Gasteiger partial charge in [-0.05, 0) is 30.5 Å². The van der Waals surface area contributed by atoms with Gasteiger partial charge in [0.05, 0.1) is 0 Å². The fourth-order valence-corrected chi connectivity index (χ4v) is 1.52. The van der Waals surface area contributed by atoms with Crippen molar-refractivity contribution in [3.63, 3.8) is 0 Å². The summed E-state index contributed by atoms with van der Waals surface area (Å²) < 4.78 is 4.68. The number of aliphatic hydroxyl groups is 1. The van der Waals surface area contributed by atoms with Crippen LogP contribution < -0.4 is 5.32 Å². The fraction of sp³-hybridized carbons (Fsp3) is 0.385. The lowest BCUT2D eigenvalue weighted by atomic mass is 10.1. The minimum absolute atomic E-state index is 0.125. The van der Waals surface area contributed by atoms with Crippen molar-refractivity contribution in [2.75, 3.05) is 25.1 Å². The number of hydrogen-bond acceptors (Lipinski definition) is 4. The zero-order valence-corrected chi connectivity index (χ0v) is 10.5. The highest BCUT2D eigenvalue weighted by Gasteiger charge is 2.05. The lowest BCUT2D eigenvalue weighted by Crippen LogP contribution is -2.20. The molecule has 0 aliphatic carbocycles. The van der Waals surface area contributed by atoms with Crippen LogP contribution in [0.3, 0.4) is 0 Å². The zero-order valence-electron chi connectivity index (χ0n) is 10.5. The Balaban J connectivity index is 2.42. The molecule has 0 bridgehead atoms. The highest BCUT2D eigenvalue weighted by molar-refractivity contribution is 5.91. The van der Waals surface area contributed by atoms with E-state index in [1.165, 1.54) is 0 Å². The molecule has 0 atom stereocenters. The number of rotatable bonds is 8. The van der Waals surface area contributed by atoms with Crippen molar-refractivity contribution in [2.45, 2.75) is 12.8 Å². The smallest absolute Gasteiger partial charge is 0.329 e. The van der Waals surface area contributed by atoms with Crippen molar-refractivity contribution in [3.8, 4) is 0 Å². The van der Waals surface area contributed by atoms with Gasteiger partial charge in [0, 0.05) is 12.3 Å². The lowest BCUT2D eigenvalue weighted by molar-refractivity contribution is -0.143. The van der Waals surface area contributed by atoms with E-state index in [9.17, 15) is 9.59 Å². The molecule has 0 saturated heterocycles. The number of aliphatic hydroxyl groups excluding tert-OH is 1. The molecule has 104 valence electrons. The topological polar surface area (TPSA) is 95.9 Å². The summed E-state index contributed by atoms with van der Waals surface area (Å²) in [6.45, 7) is -0.670. The van der Waals surface area contributed by atoms with Crippen molar-refractivity contribution >= 4 is 17.6 Å². The van der Waals surface area contributed by atoms with Crippen molar-refractivity contribution in [3.05, 3.63) is 29.8 Å². The first-order valence-electron chi connectivity index (χ1n) is 5.91. The largest absolute Gasteiger partial charge is 0.480 e. The second-order valence-electron chi connectivity index (χ2n) is 3.96. The molecule has 0 heterocycles. The lowest BCUT2D eigenvalue weighted by Gasteiger charge is -2.07. The third-order valence-electron chi connectivity index (χ3n) is 2.29. The number of aryl methyl sites for hydroxylation is 1. The van der Waals surface area contributed by atoms with Crippen LogP contribution in [0, 0.1) is 0 Å². The zero-order chi connectivity index (χ0) is 14.1. The number of nitrogens with one attached hydrogen (secondary N) is 1. The van der Waals surface area contributed by atoms with Crippen molar-refractivity contribution in [2.24, 2.45) is 0 Å². The van der Waals surface area contributed by atoms with Crippen molar-refractivity contribution in [1.82, 2.24) is 0 Å². The van der Waals surface area contributed by atoms with E-state index >= 15 is 0 Å². The van der Waals surface area contributed by atoms with Gasteiger partial charge in [-0.3, -0.25) is 4.79 Å². The maximum atomic E-state index is 11.5. The summed E-state index contributed by atoms with van der Waals surface area (Å²) in [5, 5.41) is 19.7. The Morgan fingerprint density at radius 1 is 1.26 bits per heavy atom. The van der Waals surface area contributed by atoms with Gasteiger partial charge in [-0.1, -0.05) is 12.1 Å². The van der Waals surface area contributed by atoms with Gasteiger partial charge >= 0.3 is 5.97 Å². The minimum atomic E-state index is -1.11. The highest BCUT2D eigenvalue weighted by Crippen LogP contribution is 2.12. The Labute approximate surface area is 111 Å². The van der Waals surface area contributed by atoms with Crippen LogP contribution in [-0.4, -0.2) is 41.9 Å². The first kappa shape index (κ1) is 15.1. The Kier molecular flexibility index (Phi) is 6.56. The number of carbonyl (C=O) groups is 2. The Bertz CT molecular complexity index is 433. The summed E-state index contributed by atoms with van der Waals surface area (Å²) in [7, 11) is 0. The number of carboxylic acids is 1. The quantitative estimate of drug-likeness (QED) is 0.642. The van der Waals surface area contributed by atoms with Crippen molar-refractivity contribution in [1.29, 1.82) is 0 Å². The van der Waals surface area contributed by atoms with Crippen LogP contribution in [0.4, 0.5) is 5.69 Å². The van der Waals surface area contributed by atoms with Crippen LogP contribution in [0.2, 0.25) is 0 Å². The van der Waals surface area contributed by atoms with E-state index in [2.05, 4.69) is 10.1 Å². The maximum Gasteiger partial charge on any atom is 0.329 e. The minimum Gasteiger partial charge on any atom is -0.480 e. The number of carbonyl (C=O) groups excluding carboxylic acids is 1. The Hall–Kier alpha value is -1.92. The van der Waals surface area contributed by atoms with Gasteiger partial charge in [0.1, 0.15) is 13.2 Å². The van der Waals surface area contributed by atoms with Crippen molar-refractivity contribution < 1.29 is 24.5 Å². The first-order chi connectivity index (χ1) is 9.11. The summed E-state index contributed by atoms with van der Waals surface area (Å²) in [5.41, 5.74) is 1.64. The monoisotopic (exact) mass is 267 g/mol. The molecule has 0 aliphatic rings. The van der Waals surface area contributed by atoms with E-state index in [1.807, 2.05) is 12.1 Å². The molecule has 6 heteroatoms. The number of ether oxygens (including phenoxy) is 1. The van der Waals surface area contributed by atoms with Gasteiger partial charge < -0.3 is 20.3 Å². The van der Waals surface area contributed by atoms with E-state index in [4.69, 9.17) is 10.2 Å². The molecule has 0 unspecified atom stereocenters. The van der Waals surface area contributed by atoms with Crippen LogP contribution in [-0.2, 0) is 20.7 Å². The molecule has 0 radical (unpaired) electrons. The van der Waals surface area contributed by atoms with Crippen LogP contribution in [0.5, 0.6) is 0 Å². The molecule has 6 nitrogen and oxygen atoms in total. The molecule has 1 rings (SSSR count). The van der Waals surface area contributed by atoms with Gasteiger partial charge in [0.25, 0.3) is 0 Å². The normalized spacial score (nSPS) is 10.2. The molecule has 3 N–H and O–H groups in total. The number of anilines is 1. The first-order valence-corrected chi connectivity index (χ1v) is 5.91. The third kappa shape index (κ3) is 6.54. The number of benzene rings is 1. The van der Waals surface area contributed by atoms with Gasteiger partial charge in [0.15, 0.2) is 0 Å². The van der Waals surface area contributed by atoms with E-state index in [0.29, 0.717) is 12.1 Å². The van der Waals surface area contributed by atoms with Gasteiger partial charge in [-0.25, -0.2) is 4.79 Å². The molecule has 1 aromatic carbocycles. The SMILES string of the molecule is O=C(O)COCC(=O)Nc1cccc(CCCO)c1. The van der Waals surface area contributed by atoms with Crippen LogP contribution in [0.1, 0.15) is 12.0 Å². The molecule has 0 spiro atoms. The molecule has 0 fully saturated rings. The predicted molar refractivity (Wildman–Crippen MR) is 68.9 cm³/mol. The second-order valence-corrected chi connectivity index (χ2v) is 3.96. The molecule has 0 aromatic heterocycles. The maximum absolute atomic E-state index is 11.5. The average Bonchev–Trinajstić information content (AvgIpc) is 2.36. The van der Waals surface area contributed by atoms with Gasteiger partial charge in [-0.2, -0.15) is 0 Å². The summed E-state index contributed by atoms with van der Waals surface area (Å²) in [6.07, 6.45) is 1.40. The fourth-order valence-electron chi connectivity index (χ4n) is 1.52. The number of aliphatic carboxylic acids is 1. The average molecular weight is 267 g/mol. The molecule has 1 amide bonds. The third-order valence-corrected chi connectivity index (χ3v) is 2.29. The van der Waals surface area contributed by atoms with Gasteiger partial charge in [-0.15, -0.1) is 0 Å². The molecule has 0 aliphatic heterocycles. The molecular formula is C13H17NO5. The number of carboxylic acid groups (broad SMARTS) is 1. The molecule has 19 heavy (non-hydrogen) atoms. The summed E-state index contributed by atoms with van der Waals surface area (Å²) in [4.78, 5) is 21.7. The Morgan fingerprint density at radius 2 is 2.05 bits per heavy atom. The highest BCUT2D eigenvalue weighted by atomic mass is 16.5. The van der Waals surface area contributed by atoms with Crippen LogP contribution >= 0.6 is 0 Å². The number of amides is 1. The number of hydrogen-bond donors (Lipinski definition) is 3. The summed E-state index contributed by atoms with van der Waals surface area (Å²) in [5.74, 6) is -1.51. The van der Waals surface area contributed by atoms with E-state index in [-0.39, 0.29) is 13.2 Å². The second kappa shape index (κ2) is 8.23. The standard InChI is InChI=1S/C13H17NO5/c15-6-2-4-10-3-1-5-11(7-10)14-12(16)8-19-9-13(17)18/h1,3,5,7,15H,2,4,6,8-9H2,(H,14,16)(H,17,18). The molecule has 0 saturated carbocycles. The van der Waals surface area contributed by atoms with E-state index in [1.54, 1.807) is 12.1 Å². The summed E-state index contributed by atoms with van der Waals surface area (Å²) >= 11 is 0. The van der Waals surface area contributed by atoms with E-state index < -0.39 is 18.5 Å². The van der Waals surface area contributed by atoms with Gasteiger partial charge in [0.2, 0.25) is 5.91 Å². The van der Waals surface area contributed by atoms with Crippen LogP contribution in [0.15, 0.2) is 24.3 Å². The molecular weight excluding hydrogens is 250 g/mol. The Morgan fingerprint density at radius 3 is 2.74 bits per heavy atom. The summed E-state index contributed by atoms with van der Waals surface area (Å²) in [6, 6.07) is 7.26.